The van der Waals surface area contributed by atoms with Gasteiger partial charge >= 0.3 is 0 Å². The molecular formula is C26H28N2. The van der Waals surface area contributed by atoms with E-state index in [1.54, 1.807) is 0 Å². The summed E-state index contributed by atoms with van der Waals surface area (Å²) in [6.45, 7) is 8.69. The van der Waals surface area contributed by atoms with Gasteiger partial charge in [-0.3, -0.25) is 0 Å². The highest BCUT2D eigenvalue weighted by molar-refractivity contribution is 5.98. The summed E-state index contributed by atoms with van der Waals surface area (Å²) in [6, 6.07) is 20.0. The fourth-order valence-corrected chi connectivity index (χ4v) is 4.75. The second-order valence-electron chi connectivity index (χ2n) is 8.20. The van der Waals surface area contributed by atoms with Gasteiger partial charge in [-0.2, -0.15) is 5.26 Å². The number of anilines is 1. The van der Waals surface area contributed by atoms with E-state index in [-0.39, 0.29) is 0 Å². The lowest BCUT2D eigenvalue weighted by molar-refractivity contribution is 0.577. The molecule has 1 aliphatic heterocycles. The quantitative estimate of drug-likeness (QED) is 0.508. The van der Waals surface area contributed by atoms with Crippen LogP contribution >= 0.6 is 0 Å². The van der Waals surface area contributed by atoms with Crippen LogP contribution in [0.4, 0.5) is 5.69 Å². The van der Waals surface area contributed by atoms with Gasteiger partial charge in [0.05, 0.1) is 11.3 Å². The topological polar surface area (TPSA) is 27.0 Å². The molecule has 0 N–H and O–H groups in total. The minimum Gasteiger partial charge on any atom is -0.370 e. The van der Waals surface area contributed by atoms with Gasteiger partial charge in [-0.15, -0.1) is 0 Å². The van der Waals surface area contributed by atoms with E-state index >= 15 is 0 Å². The molecule has 0 aliphatic carbocycles. The zero-order chi connectivity index (χ0) is 19.7. The van der Waals surface area contributed by atoms with Crippen LogP contribution in [0.2, 0.25) is 0 Å². The van der Waals surface area contributed by atoms with Crippen molar-refractivity contribution in [2.45, 2.75) is 46.0 Å². The largest absolute Gasteiger partial charge is 0.370 e. The molecular weight excluding hydrogens is 340 g/mol. The van der Waals surface area contributed by atoms with Crippen LogP contribution in [-0.4, -0.2) is 13.1 Å². The molecule has 28 heavy (non-hydrogen) atoms. The Labute approximate surface area is 168 Å². The third-order valence-electron chi connectivity index (χ3n) is 6.08. The molecule has 1 saturated heterocycles. The average Bonchev–Trinajstić information content (AvgIpc) is 2.73. The minimum absolute atomic E-state index is 0.313. The van der Waals surface area contributed by atoms with Gasteiger partial charge in [-0.25, -0.2) is 0 Å². The van der Waals surface area contributed by atoms with Crippen molar-refractivity contribution in [3.05, 3.63) is 65.2 Å². The molecule has 4 rings (SSSR count). The highest BCUT2D eigenvalue weighted by Gasteiger charge is 2.23. The standard InChI is InChI=1S/C26H28N2/c1-18(2)26-19(3)23(22-13-9-11-20-10-5-6-12-21(20)22)16-25(24(26)17-27)28-14-7-4-8-15-28/h5-6,9-13,16,18H,4,7-8,14-15H2,1-3H3. The first kappa shape index (κ1) is 18.6. The van der Waals surface area contributed by atoms with E-state index in [2.05, 4.69) is 80.3 Å². The Morgan fingerprint density at radius 3 is 2.36 bits per heavy atom. The number of benzene rings is 3. The first-order valence-corrected chi connectivity index (χ1v) is 10.4. The number of piperidine rings is 1. The Morgan fingerprint density at radius 1 is 0.929 bits per heavy atom. The van der Waals surface area contributed by atoms with E-state index in [1.165, 1.54) is 52.3 Å². The maximum atomic E-state index is 10.1. The van der Waals surface area contributed by atoms with Crippen molar-refractivity contribution < 1.29 is 0 Å². The molecule has 1 aliphatic rings. The first-order chi connectivity index (χ1) is 13.6. The van der Waals surface area contributed by atoms with Crippen LogP contribution in [0.3, 0.4) is 0 Å². The lowest BCUT2D eigenvalue weighted by Gasteiger charge is -2.32. The van der Waals surface area contributed by atoms with Crippen molar-refractivity contribution in [1.82, 2.24) is 0 Å². The van der Waals surface area contributed by atoms with Crippen LogP contribution in [0.1, 0.15) is 55.7 Å². The molecule has 0 bridgehead atoms. The number of hydrogen-bond acceptors (Lipinski definition) is 2. The molecule has 0 spiro atoms. The lowest BCUT2D eigenvalue weighted by atomic mass is 9.84. The van der Waals surface area contributed by atoms with Gasteiger partial charge in [0.1, 0.15) is 6.07 Å². The summed E-state index contributed by atoms with van der Waals surface area (Å²) < 4.78 is 0. The van der Waals surface area contributed by atoms with Crippen LogP contribution in [-0.2, 0) is 0 Å². The van der Waals surface area contributed by atoms with Gasteiger partial charge in [0.15, 0.2) is 0 Å². The van der Waals surface area contributed by atoms with E-state index in [0.717, 1.165) is 24.3 Å². The maximum Gasteiger partial charge on any atom is 0.102 e. The van der Waals surface area contributed by atoms with Gasteiger partial charge in [-0.1, -0.05) is 56.3 Å². The lowest BCUT2D eigenvalue weighted by Crippen LogP contribution is -2.30. The Morgan fingerprint density at radius 2 is 1.64 bits per heavy atom. The van der Waals surface area contributed by atoms with Gasteiger partial charge < -0.3 is 4.90 Å². The maximum absolute atomic E-state index is 10.1. The Balaban J connectivity index is 2.02. The second-order valence-corrected chi connectivity index (χ2v) is 8.20. The molecule has 0 saturated carbocycles. The van der Waals surface area contributed by atoms with Gasteiger partial charge in [0.2, 0.25) is 0 Å². The second kappa shape index (κ2) is 7.68. The normalized spacial score (nSPS) is 14.5. The highest BCUT2D eigenvalue weighted by atomic mass is 15.1. The van der Waals surface area contributed by atoms with Crippen LogP contribution in [0.15, 0.2) is 48.5 Å². The van der Waals surface area contributed by atoms with Crippen molar-refractivity contribution in [3.8, 4) is 17.2 Å². The fourth-order valence-electron chi connectivity index (χ4n) is 4.75. The van der Waals surface area contributed by atoms with E-state index < -0.39 is 0 Å². The number of hydrogen-bond donors (Lipinski definition) is 0. The van der Waals surface area contributed by atoms with Crippen molar-refractivity contribution in [2.75, 3.05) is 18.0 Å². The fraction of sp³-hybridized carbons (Fsp3) is 0.346. The van der Waals surface area contributed by atoms with Crippen molar-refractivity contribution in [1.29, 1.82) is 5.26 Å². The summed E-state index contributed by atoms with van der Waals surface area (Å²) in [6.07, 6.45) is 3.70. The molecule has 142 valence electrons. The molecule has 3 aromatic carbocycles. The molecule has 1 heterocycles. The zero-order valence-corrected chi connectivity index (χ0v) is 17.1. The molecule has 1 fully saturated rings. The molecule has 2 heteroatoms. The molecule has 0 atom stereocenters. The van der Waals surface area contributed by atoms with E-state index in [4.69, 9.17) is 0 Å². The Kier molecular flexibility index (Phi) is 5.09. The van der Waals surface area contributed by atoms with Gasteiger partial charge in [0.25, 0.3) is 0 Å². The van der Waals surface area contributed by atoms with Gasteiger partial charge in [-0.05, 0) is 71.2 Å². The average molecular weight is 369 g/mol. The zero-order valence-electron chi connectivity index (χ0n) is 17.1. The summed E-state index contributed by atoms with van der Waals surface area (Å²) in [5.41, 5.74) is 6.97. The summed E-state index contributed by atoms with van der Waals surface area (Å²) in [5, 5.41) is 12.6. The van der Waals surface area contributed by atoms with Crippen molar-refractivity contribution in [2.24, 2.45) is 0 Å². The molecule has 3 aromatic rings. The van der Waals surface area contributed by atoms with Crippen LogP contribution in [0.25, 0.3) is 21.9 Å². The Bertz CT molecular complexity index is 1040. The van der Waals surface area contributed by atoms with Gasteiger partial charge in [0, 0.05) is 13.1 Å². The molecule has 0 amide bonds. The summed E-state index contributed by atoms with van der Waals surface area (Å²) in [4.78, 5) is 2.43. The predicted octanol–water partition coefficient (Wildman–Crippen LogP) is 6.80. The SMILES string of the molecule is Cc1c(-c2cccc3ccccc23)cc(N2CCCCC2)c(C#N)c1C(C)C. The van der Waals surface area contributed by atoms with Crippen molar-refractivity contribution >= 4 is 16.5 Å². The molecule has 0 radical (unpaired) electrons. The van der Waals surface area contributed by atoms with E-state index in [9.17, 15) is 5.26 Å². The molecule has 0 aromatic heterocycles. The third kappa shape index (κ3) is 3.16. The smallest absolute Gasteiger partial charge is 0.102 e. The number of nitrogens with zero attached hydrogens (tertiary/aromatic N) is 2. The minimum atomic E-state index is 0.313. The summed E-state index contributed by atoms with van der Waals surface area (Å²) >= 11 is 0. The first-order valence-electron chi connectivity index (χ1n) is 10.4. The van der Waals surface area contributed by atoms with Crippen LogP contribution in [0.5, 0.6) is 0 Å². The van der Waals surface area contributed by atoms with Crippen LogP contribution in [0, 0.1) is 18.3 Å². The van der Waals surface area contributed by atoms with E-state index in [0.29, 0.717) is 5.92 Å². The third-order valence-corrected chi connectivity index (χ3v) is 6.08. The van der Waals surface area contributed by atoms with Crippen molar-refractivity contribution in [3.63, 3.8) is 0 Å². The summed E-state index contributed by atoms with van der Waals surface area (Å²) in [7, 11) is 0. The number of nitriles is 1. The monoisotopic (exact) mass is 368 g/mol. The highest BCUT2D eigenvalue weighted by Crippen LogP contribution is 2.40. The number of rotatable bonds is 3. The van der Waals surface area contributed by atoms with E-state index in [1.807, 2.05) is 0 Å². The number of fused-ring (bicyclic) bond motifs is 1. The van der Waals surface area contributed by atoms with Crippen LogP contribution < -0.4 is 4.90 Å². The molecule has 2 nitrogen and oxygen atoms in total. The predicted molar refractivity (Wildman–Crippen MR) is 119 cm³/mol. The Hall–Kier alpha value is -2.79. The summed E-state index contributed by atoms with van der Waals surface area (Å²) in [5.74, 6) is 0.313. The molecule has 0 unspecified atom stereocenters.